The molecule has 0 aromatic heterocycles. The van der Waals surface area contributed by atoms with Gasteiger partial charge in [-0.2, -0.15) is 0 Å². The molecule has 5 rings (SSSR count). The number of anilines is 1. The Labute approximate surface area is 199 Å². The Morgan fingerprint density at radius 1 is 1.03 bits per heavy atom. The molecule has 0 saturated carbocycles. The lowest BCUT2D eigenvalue weighted by atomic mass is 9.85. The number of rotatable bonds is 8. The highest BCUT2D eigenvalue weighted by Crippen LogP contribution is 2.40. The molecule has 0 radical (unpaired) electrons. The van der Waals surface area contributed by atoms with E-state index in [1.54, 1.807) is 6.07 Å². The number of hydrogen-bond donors (Lipinski definition) is 2. The number of carbonyl (C=O) groups is 1. The summed E-state index contributed by atoms with van der Waals surface area (Å²) in [5, 5.41) is 9.23. The maximum atomic E-state index is 11.2. The van der Waals surface area contributed by atoms with E-state index in [1.807, 2.05) is 30.3 Å². The zero-order chi connectivity index (χ0) is 23.5. The van der Waals surface area contributed by atoms with Gasteiger partial charge in [-0.1, -0.05) is 36.4 Å². The molecule has 3 N–H and O–H groups in total. The zero-order valence-corrected chi connectivity index (χ0v) is 19.2. The van der Waals surface area contributed by atoms with Crippen LogP contribution in [0.4, 0.5) is 5.69 Å². The van der Waals surface area contributed by atoms with Crippen molar-refractivity contribution in [3.63, 3.8) is 0 Å². The van der Waals surface area contributed by atoms with Gasteiger partial charge in [-0.15, -0.1) is 0 Å². The normalized spacial score (nSPS) is 16.4. The third-order valence-corrected chi connectivity index (χ3v) is 6.80. The van der Waals surface area contributed by atoms with E-state index in [2.05, 4.69) is 35.2 Å². The van der Waals surface area contributed by atoms with E-state index in [1.165, 1.54) is 5.69 Å². The van der Waals surface area contributed by atoms with Crippen LogP contribution in [0.15, 0.2) is 66.7 Å². The highest BCUT2D eigenvalue weighted by atomic mass is 16.5. The molecule has 3 aromatic carbocycles. The van der Waals surface area contributed by atoms with Crippen LogP contribution in [0.25, 0.3) is 11.1 Å². The standard InChI is InChI=1S/C28H30N2O4/c29-15-20-4-3-6-22(10-20)24-11-21(16-34-26-7-2-1-5-23(26)14-27(31)32)12-25(13-24)30-9-8-28(17-30)18-33-19-28/h1-7,10-13H,8-9,14-19,29H2,(H,31,32). The number of hydrogen-bond acceptors (Lipinski definition) is 5. The number of nitrogens with two attached hydrogens (primary N) is 1. The lowest BCUT2D eigenvalue weighted by Crippen LogP contribution is -2.44. The Morgan fingerprint density at radius 2 is 1.85 bits per heavy atom. The minimum absolute atomic E-state index is 0.0642. The summed E-state index contributed by atoms with van der Waals surface area (Å²) in [5.74, 6) is -0.267. The Morgan fingerprint density at radius 3 is 2.59 bits per heavy atom. The molecule has 1 spiro atoms. The first kappa shape index (κ1) is 22.4. The first-order valence-corrected chi connectivity index (χ1v) is 11.7. The Bertz CT molecular complexity index is 1190. The minimum atomic E-state index is -0.872. The van der Waals surface area contributed by atoms with Crippen LogP contribution in [0, 0.1) is 5.41 Å². The highest BCUT2D eigenvalue weighted by molar-refractivity contribution is 5.72. The molecule has 6 nitrogen and oxygen atoms in total. The number of aliphatic carboxylic acids is 1. The Kier molecular flexibility index (Phi) is 6.26. The van der Waals surface area contributed by atoms with Gasteiger partial charge in [0.15, 0.2) is 0 Å². The number of carboxylic acid groups (broad SMARTS) is 1. The molecular formula is C28H30N2O4. The van der Waals surface area contributed by atoms with Crippen LogP contribution in [-0.4, -0.2) is 37.4 Å². The van der Waals surface area contributed by atoms with Gasteiger partial charge in [-0.25, -0.2) is 0 Å². The van der Waals surface area contributed by atoms with Gasteiger partial charge in [-0.3, -0.25) is 4.79 Å². The fraction of sp³-hybridized carbons (Fsp3) is 0.321. The van der Waals surface area contributed by atoms with Gasteiger partial charge in [0.05, 0.1) is 19.6 Å². The maximum Gasteiger partial charge on any atom is 0.307 e. The molecule has 2 aliphatic heterocycles. The fourth-order valence-electron chi connectivity index (χ4n) is 4.88. The second-order valence-electron chi connectivity index (χ2n) is 9.42. The van der Waals surface area contributed by atoms with Crippen LogP contribution in [0.5, 0.6) is 5.75 Å². The molecule has 2 saturated heterocycles. The van der Waals surface area contributed by atoms with Crippen molar-refractivity contribution in [3.8, 4) is 16.9 Å². The summed E-state index contributed by atoms with van der Waals surface area (Å²) in [6, 6.07) is 22.2. The van der Waals surface area contributed by atoms with Gasteiger partial charge in [0.25, 0.3) is 0 Å². The smallest absolute Gasteiger partial charge is 0.307 e. The molecule has 34 heavy (non-hydrogen) atoms. The van der Waals surface area contributed by atoms with Crippen molar-refractivity contribution >= 4 is 11.7 Å². The summed E-state index contributed by atoms with van der Waals surface area (Å²) in [5.41, 5.74) is 12.4. The molecule has 176 valence electrons. The van der Waals surface area contributed by atoms with Crippen LogP contribution >= 0.6 is 0 Å². The number of para-hydroxylation sites is 1. The monoisotopic (exact) mass is 458 g/mol. The van der Waals surface area contributed by atoms with Gasteiger partial charge >= 0.3 is 5.97 Å². The maximum absolute atomic E-state index is 11.2. The van der Waals surface area contributed by atoms with E-state index < -0.39 is 5.97 Å². The summed E-state index contributed by atoms with van der Waals surface area (Å²) in [6.07, 6.45) is 1.08. The molecule has 0 atom stereocenters. The van der Waals surface area contributed by atoms with Crippen LogP contribution in [0.1, 0.15) is 23.1 Å². The highest BCUT2D eigenvalue weighted by Gasteiger charge is 2.44. The third-order valence-electron chi connectivity index (χ3n) is 6.80. The Hall–Kier alpha value is -3.35. The van der Waals surface area contributed by atoms with Gasteiger partial charge in [0, 0.05) is 36.3 Å². The zero-order valence-electron chi connectivity index (χ0n) is 19.2. The van der Waals surface area contributed by atoms with Crippen LogP contribution in [0.2, 0.25) is 0 Å². The number of carboxylic acids is 1. The first-order valence-electron chi connectivity index (χ1n) is 11.7. The van der Waals surface area contributed by atoms with E-state index in [-0.39, 0.29) is 6.42 Å². The van der Waals surface area contributed by atoms with Gasteiger partial charge in [0.1, 0.15) is 12.4 Å². The number of benzene rings is 3. The van der Waals surface area contributed by atoms with Crippen molar-refractivity contribution in [2.45, 2.75) is 26.0 Å². The predicted molar refractivity (Wildman–Crippen MR) is 132 cm³/mol. The van der Waals surface area contributed by atoms with Crippen molar-refractivity contribution in [2.75, 3.05) is 31.2 Å². The quantitative estimate of drug-likeness (QED) is 0.525. The first-order chi connectivity index (χ1) is 16.5. The largest absolute Gasteiger partial charge is 0.489 e. The van der Waals surface area contributed by atoms with Crippen molar-refractivity contribution in [1.82, 2.24) is 0 Å². The SMILES string of the molecule is NCc1cccc(-c2cc(COc3ccccc3CC(=O)O)cc(N3CCC4(COC4)C3)c2)c1. The summed E-state index contributed by atoms with van der Waals surface area (Å²) in [4.78, 5) is 13.7. The molecule has 0 unspecified atom stereocenters. The van der Waals surface area contributed by atoms with Crippen molar-refractivity contribution in [1.29, 1.82) is 0 Å². The van der Waals surface area contributed by atoms with E-state index in [4.69, 9.17) is 15.2 Å². The average molecular weight is 459 g/mol. The predicted octanol–water partition coefficient (Wildman–Crippen LogP) is 4.25. The van der Waals surface area contributed by atoms with Gasteiger partial charge in [-0.05, 0) is 59.0 Å². The minimum Gasteiger partial charge on any atom is -0.489 e. The van der Waals surface area contributed by atoms with Crippen molar-refractivity contribution in [2.24, 2.45) is 11.1 Å². The van der Waals surface area contributed by atoms with E-state index >= 15 is 0 Å². The molecular weight excluding hydrogens is 428 g/mol. The molecule has 0 amide bonds. The summed E-state index contributed by atoms with van der Waals surface area (Å²) in [7, 11) is 0. The topological polar surface area (TPSA) is 85.0 Å². The van der Waals surface area contributed by atoms with Crippen LogP contribution < -0.4 is 15.4 Å². The molecule has 2 heterocycles. The second-order valence-corrected chi connectivity index (χ2v) is 9.42. The van der Waals surface area contributed by atoms with Crippen molar-refractivity contribution < 1.29 is 19.4 Å². The second kappa shape index (κ2) is 9.49. The van der Waals surface area contributed by atoms with Crippen LogP contribution in [-0.2, 0) is 29.1 Å². The fourth-order valence-corrected chi connectivity index (χ4v) is 4.88. The number of nitrogens with zero attached hydrogens (tertiary/aromatic N) is 1. The number of ether oxygens (including phenoxy) is 2. The van der Waals surface area contributed by atoms with Crippen molar-refractivity contribution in [3.05, 3.63) is 83.4 Å². The molecule has 2 fully saturated rings. The molecule has 0 bridgehead atoms. The van der Waals surface area contributed by atoms with E-state index in [0.717, 1.165) is 55.0 Å². The summed E-state index contributed by atoms with van der Waals surface area (Å²) < 4.78 is 11.6. The lowest BCUT2D eigenvalue weighted by molar-refractivity contribution is -0.136. The lowest BCUT2D eigenvalue weighted by Gasteiger charge is -2.38. The van der Waals surface area contributed by atoms with E-state index in [0.29, 0.717) is 29.9 Å². The average Bonchev–Trinajstić information content (AvgIpc) is 3.30. The molecule has 2 aliphatic rings. The molecule has 6 heteroatoms. The van der Waals surface area contributed by atoms with Crippen LogP contribution in [0.3, 0.4) is 0 Å². The van der Waals surface area contributed by atoms with E-state index in [9.17, 15) is 9.90 Å². The molecule has 0 aliphatic carbocycles. The Balaban J connectivity index is 1.45. The summed E-state index contributed by atoms with van der Waals surface area (Å²) >= 11 is 0. The third kappa shape index (κ3) is 4.79. The van der Waals surface area contributed by atoms with Gasteiger partial charge in [0.2, 0.25) is 0 Å². The summed E-state index contributed by atoms with van der Waals surface area (Å²) in [6.45, 7) is 4.56. The molecule has 3 aromatic rings. The van der Waals surface area contributed by atoms with Gasteiger partial charge < -0.3 is 25.2 Å².